The van der Waals surface area contributed by atoms with Crippen molar-refractivity contribution >= 4 is 54.4 Å². The molecule has 2 nitrogen and oxygen atoms in total. The third-order valence-electron chi connectivity index (χ3n) is 8.62. The molecule has 0 amide bonds. The predicted octanol–water partition coefficient (Wildman–Crippen LogP) is 12.2. The van der Waals surface area contributed by atoms with E-state index < -0.39 is 69.4 Å². The molecule has 0 aliphatic carbocycles. The van der Waals surface area contributed by atoms with Gasteiger partial charge in [-0.15, -0.1) is 0 Å². The zero-order valence-electron chi connectivity index (χ0n) is 28.0. The molecule has 0 fully saturated rings. The molecule has 0 aromatic heterocycles. The molecule has 0 unspecified atom stereocenters. The van der Waals surface area contributed by atoms with Gasteiger partial charge in [-0.25, -0.2) is 0 Å². The van der Waals surface area contributed by atoms with Gasteiger partial charge in [-0.05, 0) is 0 Å². The van der Waals surface area contributed by atoms with Gasteiger partial charge in [-0.3, -0.25) is 0 Å². The summed E-state index contributed by atoms with van der Waals surface area (Å²) < 4.78 is 166. The summed E-state index contributed by atoms with van der Waals surface area (Å²) in [6.07, 6.45) is -20.9. The molecule has 0 saturated carbocycles. The van der Waals surface area contributed by atoms with E-state index in [1.54, 1.807) is 81.4 Å². The molecular formula is C36H32BrF12N2PS. The quantitative estimate of drug-likeness (QED) is 0.105. The number of anilines is 1. The van der Waals surface area contributed by atoms with Gasteiger partial charge in [0.2, 0.25) is 0 Å². The first-order valence-electron chi connectivity index (χ1n) is 15.6. The number of hydrogen-bond donors (Lipinski definition) is 2. The number of hydrogen-bond acceptors (Lipinski definition) is 1. The van der Waals surface area contributed by atoms with Crippen LogP contribution in [0.15, 0.2) is 97.1 Å². The Morgan fingerprint density at radius 2 is 0.962 bits per heavy atom. The normalized spacial score (nSPS) is 14.6. The molecule has 2 N–H and O–H groups in total. The number of benzene rings is 4. The molecule has 0 saturated heterocycles. The first-order valence-corrected chi connectivity index (χ1v) is 20.6. The summed E-state index contributed by atoms with van der Waals surface area (Å²) in [6, 6.07) is 18.1. The van der Waals surface area contributed by atoms with E-state index in [0.29, 0.717) is 34.9 Å². The van der Waals surface area contributed by atoms with Crippen LogP contribution in [0.1, 0.15) is 48.6 Å². The van der Waals surface area contributed by atoms with E-state index in [1.165, 1.54) is 0 Å². The minimum absolute atomic E-state index is 0.0362. The summed E-state index contributed by atoms with van der Waals surface area (Å²) in [5.41, 5.74) is -7.92. The molecule has 4 rings (SSSR count). The van der Waals surface area contributed by atoms with Crippen molar-refractivity contribution < 1.29 is 52.7 Å². The van der Waals surface area contributed by atoms with E-state index in [9.17, 15) is 52.7 Å². The van der Waals surface area contributed by atoms with Crippen molar-refractivity contribution in [3.8, 4) is 0 Å². The molecule has 288 valence electrons. The summed E-state index contributed by atoms with van der Waals surface area (Å²) in [5.74, 6) is 0. The topological polar surface area (TPSA) is 24.1 Å². The first kappa shape index (κ1) is 42.4. The minimum atomic E-state index is -5.13. The van der Waals surface area contributed by atoms with Gasteiger partial charge in [-0.2, -0.15) is 0 Å². The second-order valence-corrected chi connectivity index (χ2v) is 23.6. The van der Waals surface area contributed by atoms with Crippen LogP contribution in [-0.2, 0) is 30.9 Å². The average Bonchev–Trinajstić information content (AvgIpc) is 3.03. The number of halogens is 13. The zero-order chi connectivity index (χ0) is 39.9. The molecule has 1 atom stereocenters. The van der Waals surface area contributed by atoms with Crippen LogP contribution < -0.4 is 21.2 Å². The number of alkyl halides is 12. The van der Waals surface area contributed by atoms with Crippen LogP contribution in [0.25, 0.3) is 0 Å². The maximum atomic E-state index is 14.1. The molecule has 4 aromatic rings. The van der Waals surface area contributed by atoms with Gasteiger partial charge < -0.3 is 0 Å². The van der Waals surface area contributed by atoms with Crippen LogP contribution >= 0.6 is 33.0 Å². The van der Waals surface area contributed by atoms with Crippen molar-refractivity contribution in [3.63, 3.8) is 0 Å². The van der Waals surface area contributed by atoms with Crippen LogP contribution in [0.2, 0.25) is 0 Å². The van der Waals surface area contributed by atoms with Crippen molar-refractivity contribution in [1.29, 1.82) is 0 Å². The Hall–Kier alpha value is -3.36. The molecule has 0 aliphatic rings. The third kappa shape index (κ3) is 10.0. The fourth-order valence-corrected chi connectivity index (χ4v) is 14.6. The van der Waals surface area contributed by atoms with E-state index in [-0.39, 0.29) is 35.1 Å². The van der Waals surface area contributed by atoms with Gasteiger partial charge >= 0.3 is 312 Å². The first-order chi connectivity index (χ1) is 24.1. The van der Waals surface area contributed by atoms with Gasteiger partial charge in [0.25, 0.3) is 0 Å². The summed E-state index contributed by atoms with van der Waals surface area (Å²) in [6.45, 7) is 5.24. The zero-order valence-corrected chi connectivity index (χ0v) is 31.3. The Labute approximate surface area is 311 Å². The fraction of sp³-hybridized carbons (Fsp3) is 0.306. The fourth-order valence-electron chi connectivity index (χ4n) is 5.91. The summed E-state index contributed by atoms with van der Waals surface area (Å²) in [4.78, 5) is 0. The predicted molar refractivity (Wildman–Crippen MR) is 192 cm³/mol. The third-order valence-corrected chi connectivity index (χ3v) is 18.0. The van der Waals surface area contributed by atoms with Gasteiger partial charge in [0.05, 0.1) is 0 Å². The van der Waals surface area contributed by atoms with Crippen molar-refractivity contribution in [3.05, 3.63) is 125 Å². The maximum absolute atomic E-state index is 14.1. The molecule has 4 aromatic carbocycles. The van der Waals surface area contributed by atoms with E-state index in [0.717, 1.165) is 0 Å². The van der Waals surface area contributed by atoms with Gasteiger partial charge in [-0.1, -0.05) is 0 Å². The van der Waals surface area contributed by atoms with E-state index >= 15 is 0 Å². The Balaban J connectivity index is 1.91. The molecular weight excluding hydrogens is 831 g/mol. The molecule has 0 heterocycles. The molecule has 0 bridgehead atoms. The van der Waals surface area contributed by atoms with Crippen molar-refractivity contribution in [2.24, 2.45) is 5.41 Å². The second-order valence-electron chi connectivity index (χ2n) is 13.6. The van der Waals surface area contributed by atoms with Crippen LogP contribution in [0, 0.1) is 5.41 Å². The Kier molecular flexibility index (Phi) is 11.8. The van der Waals surface area contributed by atoms with Crippen molar-refractivity contribution in [2.75, 3.05) is 11.5 Å². The Morgan fingerprint density at radius 3 is 1.30 bits per heavy atom. The van der Waals surface area contributed by atoms with Gasteiger partial charge in [0.1, 0.15) is 0 Å². The van der Waals surface area contributed by atoms with Crippen LogP contribution in [0.5, 0.6) is 0 Å². The molecule has 0 spiro atoms. The number of rotatable bonds is 8. The van der Waals surface area contributed by atoms with E-state index in [2.05, 4.69) is 26.1 Å². The van der Waals surface area contributed by atoms with E-state index in [4.69, 9.17) is 12.2 Å². The SMILES string of the molecule is CC(C)(C)[C@@H](CP(Br)(Cc1cc(C(F)(F)F)cc(C(F)(F)F)c1)(c1ccccc1)c1ccccc1)NC(=S)Nc1cc(C(F)(F)F)cc(C(F)(F)F)c1. The van der Waals surface area contributed by atoms with E-state index in [1.807, 2.05) is 0 Å². The number of nitrogens with one attached hydrogen (secondary N) is 2. The van der Waals surface area contributed by atoms with Gasteiger partial charge in [0, 0.05) is 0 Å². The average molecular weight is 864 g/mol. The van der Waals surface area contributed by atoms with Crippen molar-refractivity contribution in [1.82, 2.24) is 5.32 Å². The molecule has 0 radical (unpaired) electrons. The standard InChI is InChI=1S/C36H32BrF12N2PS/c1-32(2,3)30(51-31(53)50-27-18-25(35(44,45)46)17-26(19-27)36(47,48)49)21-52(37,28-10-6-4-7-11-28,29-12-8-5-9-13-29)20-22-14-23(33(38,39)40)16-24(15-22)34(41,42)43/h4-19,30H,20-21H2,1-3H3,(H2,50,51,53)/t30-/m1/s1. The summed E-state index contributed by atoms with van der Waals surface area (Å²) in [7, 11) is 0. The second kappa shape index (κ2) is 14.7. The Bertz CT molecular complexity index is 1820. The summed E-state index contributed by atoms with van der Waals surface area (Å²) in [5, 5.41) is 1.86. The van der Waals surface area contributed by atoms with Crippen LogP contribution in [0.4, 0.5) is 58.4 Å². The molecule has 0 aliphatic heterocycles. The molecule has 53 heavy (non-hydrogen) atoms. The van der Waals surface area contributed by atoms with Gasteiger partial charge in [0.15, 0.2) is 0 Å². The monoisotopic (exact) mass is 862 g/mol. The van der Waals surface area contributed by atoms with Crippen LogP contribution in [-0.4, -0.2) is 17.3 Å². The molecule has 17 heteroatoms. The van der Waals surface area contributed by atoms with Crippen LogP contribution in [0.3, 0.4) is 0 Å². The van der Waals surface area contributed by atoms with Crippen molar-refractivity contribution in [2.45, 2.75) is 57.7 Å². The summed E-state index contributed by atoms with van der Waals surface area (Å²) >= 11 is 9.45. The number of thiocarbonyl (C=S) groups is 1. The Morgan fingerprint density at radius 1 is 0.604 bits per heavy atom.